The lowest BCUT2D eigenvalue weighted by molar-refractivity contribution is 0.199. The largest absolute Gasteiger partial charge is 0.497 e. The van der Waals surface area contributed by atoms with Crippen molar-refractivity contribution in [1.29, 1.82) is 0 Å². The molecule has 4 heteroatoms. The Balaban J connectivity index is 2.16. The first-order chi connectivity index (χ1) is 10.0. The van der Waals surface area contributed by atoms with E-state index >= 15 is 0 Å². The quantitative estimate of drug-likeness (QED) is 0.905. The van der Waals surface area contributed by atoms with E-state index in [9.17, 15) is 5.11 Å². The minimum atomic E-state index is -0.560. The molecular formula is C17H20ClNO2. The Morgan fingerprint density at radius 2 is 2.00 bits per heavy atom. The molecule has 3 nitrogen and oxygen atoms in total. The third-order valence-corrected chi connectivity index (χ3v) is 3.76. The van der Waals surface area contributed by atoms with E-state index in [2.05, 4.69) is 11.0 Å². The van der Waals surface area contributed by atoms with Gasteiger partial charge >= 0.3 is 0 Å². The molecule has 1 atom stereocenters. The Bertz CT molecular complexity index is 613. The number of hydrogen-bond donors (Lipinski definition) is 1. The van der Waals surface area contributed by atoms with Gasteiger partial charge < -0.3 is 14.7 Å². The van der Waals surface area contributed by atoms with Crippen LogP contribution in [0.4, 0.5) is 5.69 Å². The van der Waals surface area contributed by atoms with Gasteiger partial charge in [-0.15, -0.1) is 0 Å². The first kappa shape index (κ1) is 15.7. The molecule has 0 saturated carbocycles. The lowest BCUT2D eigenvalue weighted by atomic mass is 10.1. The number of rotatable bonds is 5. The van der Waals surface area contributed by atoms with Crippen LogP contribution in [0.2, 0.25) is 5.02 Å². The van der Waals surface area contributed by atoms with Gasteiger partial charge in [-0.25, -0.2) is 0 Å². The van der Waals surface area contributed by atoms with E-state index in [0.29, 0.717) is 5.02 Å². The van der Waals surface area contributed by atoms with Crippen molar-refractivity contribution in [1.82, 2.24) is 0 Å². The fourth-order valence-corrected chi connectivity index (χ4v) is 2.56. The van der Waals surface area contributed by atoms with Crippen molar-refractivity contribution in [3.8, 4) is 5.75 Å². The molecule has 0 radical (unpaired) electrons. The Morgan fingerprint density at radius 1 is 1.24 bits per heavy atom. The second-order valence-corrected chi connectivity index (χ2v) is 5.50. The van der Waals surface area contributed by atoms with Crippen molar-refractivity contribution < 1.29 is 9.84 Å². The average Bonchev–Trinajstić information content (AvgIpc) is 2.46. The third kappa shape index (κ3) is 3.90. The van der Waals surface area contributed by atoms with Gasteiger partial charge in [-0.05, 0) is 42.3 Å². The number of anilines is 1. The number of nitrogens with zero attached hydrogens (tertiary/aromatic N) is 1. The highest BCUT2D eigenvalue weighted by molar-refractivity contribution is 6.31. The highest BCUT2D eigenvalue weighted by Crippen LogP contribution is 2.28. The number of hydrogen-bond acceptors (Lipinski definition) is 3. The summed E-state index contributed by atoms with van der Waals surface area (Å²) in [6.45, 7) is 2.46. The van der Waals surface area contributed by atoms with E-state index < -0.39 is 6.10 Å². The Labute approximate surface area is 130 Å². The molecule has 0 aromatic heterocycles. The van der Waals surface area contributed by atoms with Gasteiger partial charge in [0.1, 0.15) is 5.75 Å². The molecule has 0 fully saturated rings. The summed E-state index contributed by atoms with van der Waals surface area (Å²) in [5.41, 5.74) is 2.91. The lowest BCUT2D eigenvalue weighted by Gasteiger charge is -2.21. The van der Waals surface area contributed by atoms with E-state index in [1.54, 1.807) is 14.0 Å². The molecule has 2 rings (SSSR count). The van der Waals surface area contributed by atoms with Gasteiger partial charge in [0.25, 0.3) is 0 Å². The normalized spacial score (nSPS) is 12.0. The predicted octanol–water partition coefficient (Wildman–Crippen LogP) is 4.04. The molecule has 112 valence electrons. The summed E-state index contributed by atoms with van der Waals surface area (Å²) in [4.78, 5) is 2.10. The van der Waals surface area contributed by atoms with Crippen LogP contribution in [-0.2, 0) is 6.54 Å². The Hall–Kier alpha value is -1.71. The van der Waals surface area contributed by atoms with E-state index in [1.807, 2.05) is 43.4 Å². The number of aliphatic hydroxyl groups is 1. The summed E-state index contributed by atoms with van der Waals surface area (Å²) >= 11 is 6.21. The molecule has 0 aliphatic heterocycles. The van der Waals surface area contributed by atoms with Gasteiger partial charge in [0.2, 0.25) is 0 Å². The van der Waals surface area contributed by atoms with E-state index in [1.165, 1.54) is 0 Å². The highest BCUT2D eigenvalue weighted by Gasteiger charge is 2.09. The smallest absolute Gasteiger partial charge is 0.119 e. The zero-order valence-electron chi connectivity index (χ0n) is 12.5. The number of aliphatic hydroxyl groups excluding tert-OH is 1. The Kier molecular flexibility index (Phi) is 5.10. The van der Waals surface area contributed by atoms with Crippen molar-refractivity contribution in [3.63, 3.8) is 0 Å². The number of halogens is 1. The average molecular weight is 306 g/mol. The van der Waals surface area contributed by atoms with Crippen LogP contribution in [0, 0.1) is 0 Å². The maximum atomic E-state index is 9.61. The fraction of sp³-hybridized carbons (Fsp3) is 0.294. The van der Waals surface area contributed by atoms with E-state index in [-0.39, 0.29) is 0 Å². The molecule has 0 aliphatic rings. The predicted molar refractivity (Wildman–Crippen MR) is 87.2 cm³/mol. The minimum absolute atomic E-state index is 0.560. The fourth-order valence-electron chi connectivity index (χ4n) is 2.23. The number of benzene rings is 2. The van der Waals surface area contributed by atoms with E-state index in [0.717, 1.165) is 29.1 Å². The molecule has 2 aromatic rings. The van der Waals surface area contributed by atoms with E-state index in [4.69, 9.17) is 16.3 Å². The molecule has 0 bridgehead atoms. The standard InChI is InChI=1S/C17H20ClNO2/c1-12(20)16-8-7-14(10-17(16)18)19(2)11-13-5-4-6-15(9-13)21-3/h4-10,12,20H,11H2,1-3H3. The zero-order valence-corrected chi connectivity index (χ0v) is 13.3. The van der Waals surface area contributed by atoms with Gasteiger partial charge in [0.15, 0.2) is 0 Å². The molecule has 1 N–H and O–H groups in total. The van der Waals surface area contributed by atoms with Crippen LogP contribution >= 0.6 is 11.6 Å². The molecule has 0 aliphatic carbocycles. The topological polar surface area (TPSA) is 32.7 Å². The second kappa shape index (κ2) is 6.83. The third-order valence-electron chi connectivity index (χ3n) is 3.43. The maximum absolute atomic E-state index is 9.61. The van der Waals surface area contributed by atoms with Crippen LogP contribution in [0.25, 0.3) is 0 Å². The van der Waals surface area contributed by atoms with Crippen LogP contribution < -0.4 is 9.64 Å². The molecular weight excluding hydrogens is 286 g/mol. The van der Waals surface area contributed by atoms with Gasteiger partial charge in [0.05, 0.1) is 13.2 Å². The number of ether oxygens (including phenoxy) is 1. The summed E-state index contributed by atoms with van der Waals surface area (Å²) in [6, 6.07) is 13.7. The lowest BCUT2D eigenvalue weighted by Crippen LogP contribution is -2.16. The highest BCUT2D eigenvalue weighted by atomic mass is 35.5. The molecule has 0 heterocycles. The van der Waals surface area contributed by atoms with Crippen molar-refractivity contribution in [3.05, 3.63) is 58.6 Å². The second-order valence-electron chi connectivity index (χ2n) is 5.09. The molecule has 0 spiro atoms. The van der Waals surface area contributed by atoms with Crippen molar-refractivity contribution in [2.24, 2.45) is 0 Å². The summed E-state index contributed by atoms with van der Waals surface area (Å²) in [7, 11) is 3.67. The minimum Gasteiger partial charge on any atom is -0.497 e. The zero-order chi connectivity index (χ0) is 15.4. The van der Waals surface area contributed by atoms with Crippen LogP contribution in [0.1, 0.15) is 24.2 Å². The first-order valence-electron chi connectivity index (χ1n) is 6.83. The molecule has 21 heavy (non-hydrogen) atoms. The molecule has 2 aromatic carbocycles. The SMILES string of the molecule is COc1cccc(CN(C)c2ccc(C(C)O)c(Cl)c2)c1. The monoisotopic (exact) mass is 305 g/mol. The molecule has 0 amide bonds. The van der Waals surface area contributed by atoms with Gasteiger partial charge in [-0.2, -0.15) is 0 Å². The van der Waals surface area contributed by atoms with Gasteiger partial charge in [-0.1, -0.05) is 29.8 Å². The van der Waals surface area contributed by atoms with Gasteiger partial charge in [0, 0.05) is 24.3 Å². The molecule has 0 saturated heterocycles. The molecule has 1 unspecified atom stereocenters. The van der Waals surface area contributed by atoms with Crippen molar-refractivity contribution in [2.45, 2.75) is 19.6 Å². The summed E-state index contributed by atoms with van der Waals surface area (Å²) in [6.07, 6.45) is -0.560. The van der Waals surface area contributed by atoms with Crippen molar-refractivity contribution in [2.75, 3.05) is 19.1 Å². The van der Waals surface area contributed by atoms with Crippen LogP contribution in [0.5, 0.6) is 5.75 Å². The summed E-state index contributed by atoms with van der Waals surface area (Å²) in [5.74, 6) is 0.850. The Morgan fingerprint density at radius 3 is 2.62 bits per heavy atom. The number of methoxy groups -OCH3 is 1. The van der Waals surface area contributed by atoms with Crippen LogP contribution in [-0.4, -0.2) is 19.3 Å². The van der Waals surface area contributed by atoms with Crippen LogP contribution in [0.3, 0.4) is 0 Å². The van der Waals surface area contributed by atoms with Crippen LogP contribution in [0.15, 0.2) is 42.5 Å². The van der Waals surface area contributed by atoms with Crippen molar-refractivity contribution >= 4 is 17.3 Å². The van der Waals surface area contributed by atoms with Gasteiger partial charge in [-0.3, -0.25) is 0 Å². The summed E-state index contributed by atoms with van der Waals surface area (Å²) < 4.78 is 5.24. The summed E-state index contributed by atoms with van der Waals surface area (Å²) in [5, 5.41) is 10.2. The first-order valence-corrected chi connectivity index (χ1v) is 7.20. The maximum Gasteiger partial charge on any atom is 0.119 e.